The lowest BCUT2D eigenvalue weighted by molar-refractivity contribution is -0.384. The Hall–Kier alpha value is -1.69. The predicted molar refractivity (Wildman–Crippen MR) is 54.0 cm³/mol. The van der Waals surface area contributed by atoms with Crippen LogP contribution in [0.15, 0.2) is 12.1 Å². The molecule has 0 saturated carbocycles. The van der Waals surface area contributed by atoms with Crippen LogP contribution in [0.5, 0.6) is 0 Å². The Balaban J connectivity index is 3.31. The molecule has 0 spiro atoms. The van der Waals surface area contributed by atoms with Crippen LogP contribution in [0.3, 0.4) is 0 Å². The van der Waals surface area contributed by atoms with E-state index in [1.807, 2.05) is 0 Å². The van der Waals surface area contributed by atoms with E-state index in [9.17, 15) is 19.3 Å². The van der Waals surface area contributed by atoms with Crippen LogP contribution in [0.1, 0.15) is 17.3 Å². The Bertz CT molecular complexity index is 449. The third-order valence-electron chi connectivity index (χ3n) is 1.75. The zero-order chi connectivity index (χ0) is 12.3. The molecule has 86 valence electrons. The van der Waals surface area contributed by atoms with Gasteiger partial charge in [-0.25, -0.2) is 9.18 Å². The minimum absolute atomic E-state index is 0.0251. The van der Waals surface area contributed by atoms with Crippen molar-refractivity contribution in [1.29, 1.82) is 0 Å². The Morgan fingerprint density at radius 3 is 2.75 bits per heavy atom. The van der Waals surface area contributed by atoms with Crippen molar-refractivity contribution in [3.63, 3.8) is 0 Å². The molecule has 0 unspecified atom stereocenters. The number of benzene rings is 1. The van der Waals surface area contributed by atoms with Gasteiger partial charge in [0.05, 0.1) is 11.5 Å². The SMILES string of the molecule is CCOC(=O)c1c(F)ccc([N+](=O)[O-])c1Cl. The number of carbonyl (C=O) groups is 1. The van der Waals surface area contributed by atoms with Crippen LogP contribution in [0, 0.1) is 15.9 Å². The highest BCUT2D eigenvalue weighted by Gasteiger charge is 2.25. The smallest absolute Gasteiger partial charge is 0.342 e. The largest absolute Gasteiger partial charge is 0.462 e. The van der Waals surface area contributed by atoms with Gasteiger partial charge in [-0.15, -0.1) is 0 Å². The van der Waals surface area contributed by atoms with Crippen molar-refractivity contribution in [2.24, 2.45) is 0 Å². The van der Waals surface area contributed by atoms with E-state index in [1.165, 1.54) is 6.92 Å². The Kier molecular flexibility index (Phi) is 3.78. The second kappa shape index (κ2) is 4.89. The molecule has 0 saturated heterocycles. The van der Waals surface area contributed by atoms with Crippen LogP contribution < -0.4 is 0 Å². The zero-order valence-electron chi connectivity index (χ0n) is 8.20. The number of nitrogens with zero attached hydrogens (tertiary/aromatic N) is 1. The van der Waals surface area contributed by atoms with Crippen LogP contribution in [-0.2, 0) is 4.74 Å². The van der Waals surface area contributed by atoms with Gasteiger partial charge in [0, 0.05) is 6.07 Å². The van der Waals surface area contributed by atoms with Gasteiger partial charge in [0.2, 0.25) is 0 Å². The van der Waals surface area contributed by atoms with Gasteiger partial charge in [-0.1, -0.05) is 11.6 Å². The molecule has 0 aromatic heterocycles. The number of esters is 1. The molecule has 1 rings (SSSR count). The van der Waals surface area contributed by atoms with Crippen molar-refractivity contribution >= 4 is 23.3 Å². The number of carbonyl (C=O) groups excluding carboxylic acids is 1. The molecular weight excluding hydrogens is 241 g/mol. The van der Waals surface area contributed by atoms with E-state index < -0.39 is 33.0 Å². The maximum absolute atomic E-state index is 13.3. The van der Waals surface area contributed by atoms with Crippen molar-refractivity contribution in [3.8, 4) is 0 Å². The Morgan fingerprint density at radius 2 is 2.25 bits per heavy atom. The lowest BCUT2D eigenvalue weighted by atomic mass is 10.2. The quantitative estimate of drug-likeness (QED) is 0.468. The summed E-state index contributed by atoms with van der Waals surface area (Å²) in [7, 11) is 0. The summed E-state index contributed by atoms with van der Waals surface area (Å²) in [5.41, 5.74) is -1.15. The van der Waals surface area contributed by atoms with E-state index in [4.69, 9.17) is 11.6 Å². The highest BCUT2D eigenvalue weighted by atomic mass is 35.5. The average molecular weight is 248 g/mol. The van der Waals surface area contributed by atoms with Gasteiger partial charge in [0.1, 0.15) is 16.4 Å². The topological polar surface area (TPSA) is 69.4 Å². The van der Waals surface area contributed by atoms with Crippen LogP contribution >= 0.6 is 11.6 Å². The lowest BCUT2D eigenvalue weighted by Crippen LogP contribution is -2.09. The number of rotatable bonds is 3. The van der Waals surface area contributed by atoms with E-state index in [1.54, 1.807) is 0 Å². The van der Waals surface area contributed by atoms with Crippen molar-refractivity contribution in [2.75, 3.05) is 6.61 Å². The van der Waals surface area contributed by atoms with E-state index in [-0.39, 0.29) is 6.61 Å². The summed E-state index contributed by atoms with van der Waals surface area (Å²) in [5, 5.41) is 9.96. The molecule has 0 fully saturated rings. The monoisotopic (exact) mass is 247 g/mol. The third kappa shape index (κ3) is 2.27. The first-order chi connectivity index (χ1) is 7.49. The summed E-state index contributed by atoms with van der Waals surface area (Å²) >= 11 is 5.56. The molecule has 16 heavy (non-hydrogen) atoms. The van der Waals surface area contributed by atoms with Gasteiger partial charge in [-0.2, -0.15) is 0 Å². The molecule has 0 bridgehead atoms. The van der Waals surface area contributed by atoms with E-state index >= 15 is 0 Å². The van der Waals surface area contributed by atoms with Crippen molar-refractivity contribution in [3.05, 3.63) is 38.7 Å². The molecule has 0 amide bonds. The molecule has 1 aromatic rings. The van der Waals surface area contributed by atoms with Crippen molar-refractivity contribution < 1.29 is 18.8 Å². The summed E-state index contributed by atoms with van der Waals surface area (Å²) in [6, 6.07) is 1.69. The second-order valence-corrected chi connectivity index (χ2v) is 3.11. The Labute approximate surface area is 94.9 Å². The summed E-state index contributed by atoms with van der Waals surface area (Å²) in [6.07, 6.45) is 0. The minimum Gasteiger partial charge on any atom is -0.462 e. The third-order valence-corrected chi connectivity index (χ3v) is 2.13. The average Bonchev–Trinajstić information content (AvgIpc) is 2.17. The number of hydrogen-bond donors (Lipinski definition) is 0. The highest BCUT2D eigenvalue weighted by Crippen LogP contribution is 2.30. The maximum atomic E-state index is 13.3. The number of hydrogen-bond acceptors (Lipinski definition) is 4. The van der Waals surface area contributed by atoms with Crippen LogP contribution in [0.4, 0.5) is 10.1 Å². The lowest BCUT2D eigenvalue weighted by Gasteiger charge is -2.05. The molecule has 0 heterocycles. The molecule has 1 aromatic carbocycles. The number of halogens is 2. The van der Waals surface area contributed by atoms with Gasteiger partial charge in [0.15, 0.2) is 0 Å². The summed E-state index contributed by atoms with van der Waals surface area (Å²) < 4.78 is 17.8. The fourth-order valence-corrected chi connectivity index (χ4v) is 1.37. The summed E-state index contributed by atoms with van der Waals surface area (Å²) in [5.74, 6) is -1.97. The van der Waals surface area contributed by atoms with Gasteiger partial charge in [0.25, 0.3) is 5.69 Å². The molecule has 5 nitrogen and oxygen atoms in total. The minimum atomic E-state index is -1.02. The normalized spacial score (nSPS) is 9.94. The fraction of sp³-hybridized carbons (Fsp3) is 0.222. The molecule has 0 atom stereocenters. The molecular formula is C9H7ClFNO4. The van der Waals surface area contributed by atoms with Crippen LogP contribution in [-0.4, -0.2) is 17.5 Å². The molecule has 0 aliphatic rings. The van der Waals surface area contributed by atoms with Gasteiger partial charge in [-0.05, 0) is 13.0 Å². The zero-order valence-corrected chi connectivity index (χ0v) is 8.95. The van der Waals surface area contributed by atoms with Gasteiger partial charge in [-0.3, -0.25) is 10.1 Å². The van der Waals surface area contributed by atoms with Gasteiger partial charge >= 0.3 is 5.97 Å². The molecule has 0 aliphatic heterocycles. The van der Waals surface area contributed by atoms with E-state index in [0.717, 1.165) is 12.1 Å². The fourth-order valence-electron chi connectivity index (χ4n) is 1.07. The van der Waals surface area contributed by atoms with Crippen molar-refractivity contribution in [1.82, 2.24) is 0 Å². The number of nitro benzene ring substituents is 1. The molecule has 7 heteroatoms. The maximum Gasteiger partial charge on any atom is 0.342 e. The molecule has 0 aliphatic carbocycles. The second-order valence-electron chi connectivity index (χ2n) is 2.73. The summed E-state index contributed by atoms with van der Waals surface area (Å²) in [4.78, 5) is 21.0. The van der Waals surface area contributed by atoms with E-state index in [2.05, 4.69) is 4.74 Å². The number of nitro groups is 1. The first-order valence-corrected chi connectivity index (χ1v) is 4.66. The highest BCUT2D eigenvalue weighted by molar-refractivity contribution is 6.35. The number of ether oxygens (including phenoxy) is 1. The standard InChI is InChI=1S/C9H7ClFNO4/c1-2-16-9(13)7-5(11)3-4-6(8(7)10)12(14)15/h3-4H,2H2,1H3. The van der Waals surface area contributed by atoms with Crippen molar-refractivity contribution in [2.45, 2.75) is 6.92 Å². The van der Waals surface area contributed by atoms with Gasteiger partial charge < -0.3 is 4.74 Å². The first-order valence-electron chi connectivity index (χ1n) is 4.28. The first kappa shape index (κ1) is 12.4. The van der Waals surface area contributed by atoms with Crippen LogP contribution in [0.25, 0.3) is 0 Å². The molecule has 0 N–H and O–H groups in total. The van der Waals surface area contributed by atoms with E-state index in [0.29, 0.717) is 0 Å². The molecule has 0 radical (unpaired) electrons. The Morgan fingerprint density at radius 1 is 1.62 bits per heavy atom. The van der Waals surface area contributed by atoms with Crippen LogP contribution in [0.2, 0.25) is 5.02 Å². The summed E-state index contributed by atoms with van der Waals surface area (Å²) in [6.45, 7) is 1.55. The predicted octanol–water partition coefficient (Wildman–Crippen LogP) is 2.56.